The molecule has 116 valence electrons. The number of halogens is 1. The number of benzene rings is 1. The largest absolute Gasteiger partial charge is 0.508 e. The minimum Gasteiger partial charge on any atom is -0.508 e. The Hall–Kier alpha value is -1.46. The standard InChI is InChI=1S/C15H21N3O2.ClH/c19-13-4-1-3-12(11-13)17-7-9-18(10-8-17)15(20)14-5-2-6-16-14;/h1,3-4,11,14,16,19H,2,5-10H2;1H. The van der Waals surface area contributed by atoms with E-state index >= 15 is 0 Å². The summed E-state index contributed by atoms with van der Waals surface area (Å²) in [5.41, 5.74) is 1.02. The molecule has 2 N–H and O–H groups in total. The van der Waals surface area contributed by atoms with Crippen molar-refractivity contribution in [1.29, 1.82) is 0 Å². The third kappa shape index (κ3) is 3.60. The Morgan fingerprint density at radius 1 is 1.24 bits per heavy atom. The van der Waals surface area contributed by atoms with Crippen LogP contribution in [-0.4, -0.2) is 54.7 Å². The Morgan fingerprint density at radius 2 is 2.00 bits per heavy atom. The van der Waals surface area contributed by atoms with Gasteiger partial charge < -0.3 is 20.2 Å². The highest BCUT2D eigenvalue weighted by Gasteiger charge is 2.29. The molecular formula is C15H22ClN3O2. The van der Waals surface area contributed by atoms with E-state index < -0.39 is 0 Å². The quantitative estimate of drug-likeness (QED) is 0.862. The van der Waals surface area contributed by atoms with Crippen molar-refractivity contribution in [3.05, 3.63) is 24.3 Å². The van der Waals surface area contributed by atoms with Crippen molar-refractivity contribution in [2.24, 2.45) is 0 Å². The molecule has 2 heterocycles. The lowest BCUT2D eigenvalue weighted by Crippen LogP contribution is -2.53. The maximum absolute atomic E-state index is 12.3. The van der Waals surface area contributed by atoms with Crippen LogP contribution in [0.5, 0.6) is 5.75 Å². The van der Waals surface area contributed by atoms with Crippen LogP contribution in [0.1, 0.15) is 12.8 Å². The number of nitrogens with zero attached hydrogens (tertiary/aromatic N) is 2. The second-order valence-electron chi connectivity index (χ2n) is 5.48. The van der Waals surface area contributed by atoms with Crippen molar-refractivity contribution in [2.75, 3.05) is 37.6 Å². The van der Waals surface area contributed by atoms with E-state index in [1.165, 1.54) is 0 Å². The van der Waals surface area contributed by atoms with Crippen LogP contribution >= 0.6 is 12.4 Å². The summed E-state index contributed by atoms with van der Waals surface area (Å²) in [5.74, 6) is 0.536. The normalized spacial score (nSPS) is 22.0. The van der Waals surface area contributed by atoms with Crippen LogP contribution in [0.25, 0.3) is 0 Å². The fourth-order valence-corrected chi connectivity index (χ4v) is 2.99. The molecule has 6 heteroatoms. The van der Waals surface area contributed by atoms with Gasteiger partial charge in [0, 0.05) is 37.9 Å². The third-order valence-corrected chi connectivity index (χ3v) is 4.14. The predicted molar refractivity (Wildman–Crippen MR) is 85.2 cm³/mol. The highest BCUT2D eigenvalue weighted by atomic mass is 35.5. The average Bonchev–Trinajstić information content (AvgIpc) is 3.01. The van der Waals surface area contributed by atoms with Gasteiger partial charge in [0.25, 0.3) is 0 Å². The second kappa shape index (κ2) is 7.00. The number of aromatic hydroxyl groups is 1. The van der Waals surface area contributed by atoms with E-state index in [-0.39, 0.29) is 30.1 Å². The Bertz CT molecular complexity index is 484. The van der Waals surface area contributed by atoms with E-state index in [1.807, 2.05) is 17.0 Å². The van der Waals surface area contributed by atoms with Crippen molar-refractivity contribution >= 4 is 24.0 Å². The van der Waals surface area contributed by atoms with Gasteiger partial charge in [0.15, 0.2) is 0 Å². The number of anilines is 1. The van der Waals surface area contributed by atoms with E-state index in [4.69, 9.17) is 0 Å². The number of nitrogens with one attached hydrogen (secondary N) is 1. The number of phenolic OH excluding ortho intramolecular Hbond substituents is 1. The molecule has 5 nitrogen and oxygen atoms in total. The van der Waals surface area contributed by atoms with Gasteiger partial charge in [-0.05, 0) is 31.5 Å². The van der Waals surface area contributed by atoms with Gasteiger partial charge in [0.2, 0.25) is 5.91 Å². The topological polar surface area (TPSA) is 55.8 Å². The van der Waals surface area contributed by atoms with Gasteiger partial charge in [-0.3, -0.25) is 4.79 Å². The summed E-state index contributed by atoms with van der Waals surface area (Å²) in [6, 6.07) is 7.33. The highest BCUT2D eigenvalue weighted by Crippen LogP contribution is 2.21. The first kappa shape index (κ1) is 15.9. The number of hydrogen-bond donors (Lipinski definition) is 2. The molecule has 3 rings (SSSR count). The van der Waals surface area contributed by atoms with E-state index in [9.17, 15) is 9.90 Å². The maximum Gasteiger partial charge on any atom is 0.239 e. The zero-order valence-corrected chi connectivity index (χ0v) is 12.8. The molecule has 1 aromatic carbocycles. The Balaban J connectivity index is 0.00000161. The van der Waals surface area contributed by atoms with E-state index in [2.05, 4.69) is 10.2 Å². The number of amides is 1. The van der Waals surface area contributed by atoms with Gasteiger partial charge in [-0.2, -0.15) is 0 Å². The van der Waals surface area contributed by atoms with Gasteiger partial charge in [0.1, 0.15) is 5.75 Å². The summed E-state index contributed by atoms with van der Waals surface area (Å²) < 4.78 is 0. The van der Waals surface area contributed by atoms with E-state index in [0.29, 0.717) is 0 Å². The summed E-state index contributed by atoms with van der Waals surface area (Å²) in [6.45, 7) is 4.11. The Morgan fingerprint density at radius 3 is 2.62 bits per heavy atom. The van der Waals surface area contributed by atoms with E-state index in [1.54, 1.807) is 12.1 Å². The molecule has 21 heavy (non-hydrogen) atoms. The molecule has 0 spiro atoms. The molecule has 0 saturated carbocycles. The monoisotopic (exact) mass is 311 g/mol. The first-order valence-corrected chi connectivity index (χ1v) is 7.30. The molecular weight excluding hydrogens is 290 g/mol. The maximum atomic E-state index is 12.3. The SMILES string of the molecule is Cl.O=C(C1CCCN1)N1CCN(c2cccc(O)c2)CC1. The van der Waals surface area contributed by atoms with Crippen LogP contribution in [0.4, 0.5) is 5.69 Å². The summed E-state index contributed by atoms with van der Waals surface area (Å²) in [7, 11) is 0. The van der Waals surface area contributed by atoms with Crippen molar-refractivity contribution < 1.29 is 9.90 Å². The number of rotatable bonds is 2. The summed E-state index contributed by atoms with van der Waals surface area (Å²) in [4.78, 5) is 16.5. The second-order valence-corrected chi connectivity index (χ2v) is 5.48. The van der Waals surface area contributed by atoms with Crippen LogP contribution in [0.15, 0.2) is 24.3 Å². The minimum atomic E-state index is 0. The smallest absolute Gasteiger partial charge is 0.239 e. The van der Waals surface area contributed by atoms with Crippen molar-refractivity contribution in [1.82, 2.24) is 10.2 Å². The first-order chi connectivity index (χ1) is 9.74. The van der Waals surface area contributed by atoms with Gasteiger partial charge in [-0.25, -0.2) is 0 Å². The molecule has 2 aliphatic heterocycles. The van der Waals surface area contributed by atoms with Crippen molar-refractivity contribution in [2.45, 2.75) is 18.9 Å². The van der Waals surface area contributed by atoms with Crippen LogP contribution in [0.2, 0.25) is 0 Å². The number of carbonyl (C=O) groups excluding carboxylic acids is 1. The lowest BCUT2D eigenvalue weighted by Gasteiger charge is -2.37. The lowest BCUT2D eigenvalue weighted by atomic mass is 10.1. The first-order valence-electron chi connectivity index (χ1n) is 7.30. The predicted octanol–water partition coefficient (Wildman–Crippen LogP) is 1.21. The summed E-state index contributed by atoms with van der Waals surface area (Å²) in [5, 5.41) is 12.8. The average molecular weight is 312 g/mol. The molecule has 0 bridgehead atoms. The fourth-order valence-electron chi connectivity index (χ4n) is 2.99. The molecule has 2 saturated heterocycles. The number of carbonyl (C=O) groups is 1. The highest BCUT2D eigenvalue weighted by molar-refractivity contribution is 5.85. The number of hydrogen-bond acceptors (Lipinski definition) is 4. The van der Waals surface area contributed by atoms with Gasteiger partial charge in [-0.15, -0.1) is 12.4 Å². The van der Waals surface area contributed by atoms with Crippen LogP contribution in [-0.2, 0) is 4.79 Å². The van der Waals surface area contributed by atoms with Gasteiger partial charge >= 0.3 is 0 Å². The minimum absolute atomic E-state index is 0. The molecule has 0 radical (unpaired) electrons. The molecule has 2 aliphatic rings. The molecule has 1 aromatic rings. The molecule has 0 aromatic heterocycles. The zero-order valence-electron chi connectivity index (χ0n) is 12.0. The number of phenols is 1. The molecule has 1 atom stereocenters. The summed E-state index contributed by atoms with van der Waals surface area (Å²) in [6.07, 6.45) is 2.06. The Kier molecular flexibility index (Phi) is 5.31. The van der Waals surface area contributed by atoms with Crippen molar-refractivity contribution in [3.8, 4) is 5.75 Å². The Labute approximate surface area is 131 Å². The lowest BCUT2D eigenvalue weighted by molar-refractivity contribution is -0.133. The number of piperazine rings is 1. The molecule has 2 fully saturated rings. The summed E-state index contributed by atoms with van der Waals surface area (Å²) >= 11 is 0. The zero-order chi connectivity index (χ0) is 13.9. The van der Waals surface area contributed by atoms with Crippen LogP contribution in [0, 0.1) is 0 Å². The third-order valence-electron chi connectivity index (χ3n) is 4.14. The molecule has 0 aliphatic carbocycles. The van der Waals surface area contributed by atoms with E-state index in [0.717, 1.165) is 51.3 Å². The van der Waals surface area contributed by atoms with Crippen molar-refractivity contribution in [3.63, 3.8) is 0 Å². The van der Waals surface area contributed by atoms with Gasteiger partial charge in [-0.1, -0.05) is 6.07 Å². The molecule has 1 amide bonds. The molecule has 1 unspecified atom stereocenters. The van der Waals surface area contributed by atoms with Crippen LogP contribution < -0.4 is 10.2 Å². The fraction of sp³-hybridized carbons (Fsp3) is 0.533. The van der Waals surface area contributed by atoms with Gasteiger partial charge in [0.05, 0.1) is 6.04 Å². The van der Waals surface area contributed by atoms with Crippen LogP contribution in [0.3, 0.4) is 0 Å².